The van der Waals surface area contributed by atoms with Gasteiger partial charge in [0.05, 0.1) is 11.2 Å². The van der Waals surface area contributed by atoms with Crippen LogP contribution in [0.1, 0.15) is 26.0 Å². The minimum Gasteiger partial charge on any atom is -0.339 e. The summed E-state index contributed by atoms with van der Waals surface area (Å²) in [6.45, 7) is 8.51. The van der Waals surface area contributed by atoms with Crippen LogP contribution in [0.3, 0.4) is 0 Å². The summed E-state index contributed by atoms with van der Waals surface area (Å²) in [5.41, 5.74) is 3.75. The molecule has 142 valence electrons. The topological polar surface area (TPSA) is 33.1 Å². The van der Waals surface area contributed by atoms with Gasteiger partial charge in [-0.05, 0) is 51.7 Å². The Balaban J connectivity index is 0.00000243. The van der Waals surface area contributed by atoms with Crippen LogP contribution in [-0.2, 0) is 13.1 Å². The quantitative estimate of drug-likeness (QED) is 0.596. The SMILES string of the molecule is CC(C)Cn1c2ccccc2c2ccnc(CNCCCN(C)C)c21.Cl. The number of aromatic nitrogens is 2. The molecule has 0 saturated heterocycles. The van der Waals surface area contributed by atoms with Crippen molar-refractivity contribution in [2.24, 2.45) is 5.92 Å². The molecule has 0 radical (unpaired) electrons. The van der Waals surface area contributed by atoms with Crippen LogP contribution in [0.25, 0.3) is 21.8 Å². The first-order valence-corrected chi connectivity index (χ1v) is 9.28. The van der Waals surface area contributed by atoms with Crippen molar-refractivity contribution < 1.29 is 0 Å². The molecule has 0 atom stereocenters. The van der Waals surface area contributed by atoms with Crippen LogP contribution in [0.5, 0.6) is 0 Å². The van der Waals surface area contributed by atoms with Crippen molar-refractivity contribution in [3.63, 3.8) is 0 Å². The van der Waals surface area contributed by atoms with E-state index in [1.165, 1.54) is 21.8 Å². The highest BCUT2D eigenvalue weighted by Crippen LogP contribution is 2.31. The fourth-order valence-corrected chi connectivity index (χ4v) is 3.48. The van der Waals surface area contributed by atoms with Crippen LogP contribution in [0, 0.1) is 5.92 Å². The largest absolute Gasteiger partial charge is 0.339 e. The predicted octanol–water partition coefficient (Wildman–Crippen LogP) is 4.31. The Morgan fingerprint density at radius 2 is 1.88 bits per heavy atom. The molecule has 4 nitrogen and oxygen atoms in total. The van der Waals surface area contributed by atoms with Crippen LogP contribution < -0.4 is 5.32 Å². The zero-order valence-electron chi connectivity index (χ0n) is 16.3. The van der Waals surface area contributed by atoms with Gasteiger partial charge in [0.1, 0.15) is 0 Å². The molecule has 0 aliphatic rings. The Bertz CT molecular complexity index is 839. The number of rotatable bonds is 8. The Morgan fingerprint density at radius 3 is 2.62 bits per heavy atom. The van der Waals surface area contributed by atoms with Crippen LogP contribution in [-0.4, -0.2) is 41.6 Å². The maximum atomic E-state index is 4.71. The zero-order valence-corrected chi connectivity index (χ0v) is 17.1. The molecular formula is C21H31ClN4. The van der Waals surface area contributed by atoms with E-state index in [2.05, 4.69) is 73.1 Å². The van der Waals surface area contributed by atoms with Gasteiger partial charge in [-0.25, -0.2) is 0 Å². The summed E-state index contributed by atoms with van der Waals surface area (Å²) in [5, 5.41) is 6.22. The second-order valence-electron chi connectivity index (χ2n) is 7.51. The van der Waals surface area contributed by atoms with Gasteiger partial charge < -0.3 is 14.8 Å². The molecule has 0 fully saturated rings. The highest BCUT2D eigenvalue weighted by atomic mass is 35.5. The molecule has 26 heavy (non-hydrogen) atoms. The molecule has 0 aliphatic heterocycles. The fourth-order valence-electron chi connectivity index (χ4n) is 3.48. The van der Waals surface area contributed by atoms with Gasteiger partial charge in [0.2, 0.25) is 0 Å². The average molecular weight is 375 g/mol. The number of nitrogens with zero attached hydrogens (tertiary/aromatic N) is 3. The van der Waals surface area contributed by atoms with Gasteiger partial charge in [0, 0.05) is 35.6 Å². The van der Waals surface area contributed by atoms with E-state index < -0.39 is 0 Å². The molecule has 0 unspecified atom stereocenters. The van der Waals surface area contributed by atoms with Crippen molar-refractivity contribution in [3.8, 4) is 0 Å². The number of hydrogen-bond donors (Lipinski definition) is 1. The molecule has 5 heteroatoms. The van der Waals surface area contributed by atoms with E-state index in [1.54, 1.807) is 0 Å². The zero-order chi connectivity index (χ0) is 17.8. The van der Waals surface area contributed by atoms with Crippen molar-refractivity contribution >= 4 is 34.2 Å². The molecule has 0 spiro atoms. The third-order valence-corrected chi connectivity index (χ3v) is 4.55. The van der Waals surface area contributed by atoms with E-state index in [-0.39, 0.29) is 12.4 Å². The summed E-state index contributed by atoms with van der Waals surface area (Å²) in [7, 11) is 4.24. The number of hydrogen-bond acceptors (Lipinski definition) is 3. The second kappa shape index (κ2) is 9.36. The lowest BCUT2D eigenvalue weighted by Gasteiger charge is -2.13. The van der Waals surface area contributed by atoms with Crippen LogP contribution >= 0.6 is 12.4 Å². The first-order valence-electron chi connectivity index (χ1n) is 9.28. The number of benzene rings is 1. The normalized spacial score (nSPS) is 11.6. The summed E-state index contributed by atoms with van der Waals surface area (Å²) < 4.78 is 2.46. The van der Waals surface area contributed by atoms with Gasteiger partial charge in [0.15, 0.2) is 0 Å². The second-order valence-corrected chi connectivity index (χ2v) is 7.51. The molecule has 2 heterocycles. The minimum absolute atomic E-state index is 0. The van der Waals surface area contributed by atoms with E-state index in [9.17, 15) is 0 Å². The van der Waals surface area contributed by atoms with Crippen LogP contribution in [0.2, 0.25) is 0 Å². The first-order chi connectivity index (χ1) is 12.1. The van der Waals surface area contributed by atoms with Crippen molar-refractivity contribution in [2.75, 3.05) is 27.2 Å². The standard InChI is InChI=1S/C21H30N4.ClH/c1-16(2)15-25-20-9-6-5-8-17(20)18-10-12-23-19(21(18)25)14-22-11-7-13-24(3)4;/h5-6,8-10,12,16,22H,7,11,13-15H2,1-4H3;1H. The van der Waals surface area contributed by atoms with Gasteiger partial charge in [0.25, 0.3) is 0 Å². The third-order valence-electron chi connectivity index (χ3n) is 4.55. The average Bonchev–Trinajstić information content (AvgIpc) is 2.89. The Labute approximate surface area is 163 Å². The summed E-state index contributed by atoms with van der Waals surface area (Å²) >= 11 is 0. The molecule has 1 aromatic carbocycles. The Kier molecular flexibility index (Phi) is 7.44. The monoisotopic (exact) mass is 374 g/mol. The van der Waals surface area contributed by atoms with Crippen molar-refractivity contribution in [2.45, 2.75) is 33.4 Å². The molecule has 0 bridgehead atoms. The van der Waals surface area contributed by atoms with E-state index in [4.69, 9.17) is 4.98 Å². The highest BCUT2D eigenvalue weighted by Gasteiger charge is 2.15. The first kappa shape index (κ1) is 20.7. The van der Waals surface area contributed by atoms with Crippen molar-refractivity contribution in [3.05, 3.63) is 42.2 Å². The van der Waals surface area contributed by atoms with E-state index in [0.29, 0.717) is 5.92 Å². The highest BCUT2D eigenvalue weighted by molar-refractivity contribution is 6.08. The molecule has 0 amide bonds. The van der Waals surface area contributed by atoms with E-state index >= 15 is 0 Å². The fraction of sp³-hybridized carbons (Fsp3) is 0.476. The molecule has 3 rings (SSSR count). The van der Waals surface area contributed by atoms with E-state index in [0.717, 1.165) is 38.3 Å². The van der Waals surface area contributed by atoms with E-state index in [1.807, 2.05) is 6.20 Å². The maximum absolute atomic E-state index is 4.71. The molecule has 0 aliphatic carbocycles. The summed E-state index contributed by atoms with van der Waals surface area (Å²) in [6, 6.07) is 10.9. The lowest BCUT2D eigenvalue weighted by Crippen LogP contribution is -2.21. The third kappa shape index (κ3) is 4.56. The summed E-state index contributed by atoms with van der Waals surface area (Å²) in [4.78, 5) is 6.93. The van der Waals surface area contributed by atoms with Crippen molar-refractivity contribution in [1.82, 2.24) is 19.8 Å². The number of nitrogens with one attached hydrogen (secondary N) is 1. The maximum Gasteiger partial charge on any atom is 0.0784 e. The number of fused-ring (bicyclic) bond motifs is 3. The minimum atomic E-state index is 0. The molecule has 1 N–H and O–H groups in total. The predicted molar refractivity (Wildman–Crippen MR) is 114 cm³/mol. The lowest BCUT2D eigenvalue weighted by atomic mass is 10.1. The van der Waals surface area contributed by atoms with Gasteiger partial charge >= 0.3 is 0 Å². The van der Waals surface area contributed by atoms with Gasteiger partial charge in [-0.2, -0.15) is 0 Å². The smallest absolute Gasteiger partial charge is 0.0784 e. The molecule has 2 aromatic heterocycles. The van der Waals surface area contributed by atoms with Crippen LogP contribution in [0.15, 0.2) is 36.5 Å². The van der Waals surface area contributed by atoms with Gasteiger partial charge in [-0.3, -0.25) is 4.98 Å². The number of pyridine rings is 1. The molecule has 0 saturated carbocycles. The van der Waals surface area contributed by atoms with Crippen LogP contribution in [0.4, 0.5) is 0 Å². The molecular weight excluding hydrogens is 344 g/mol. The molecule has 3 aromatic rings. The number of para-hydroxylation sites is 1. The van der Waals surface area contributed by atoms with Gasteiger partial charge in [-0.15, -0.1) is 12.4 Å². The van der Waals surface area contributed by atoms with Gasteiger partial charge in [-0.1, -0.05) is 32.0 Å². The summed E-state index contributed by atoms with van der Waals surface area (Å²) in [5.74, 6) is 0.597. The number of halogens is 1. The van der Waals surface area contributed by atoms with Crippen molar-refractivity contribution in [1.29, 1.82) is 0 Å². The Morgan fingerprint density at radius 1 is 1.12 bits per heavy atom. The summed E-state index contributed by atoms with van der Waals surface area (Å²) in [6.07, 6.45) is 3.10. The Hall–Kier alpha value is -1.62. The lowest BCUT2D eigenvalue weighted by molar-refractivity contribution is 0.394.